The second-order valence-electron chi connectivity index (χ2n) is 8.34. The van der Waals surface area contributed by atoms with E-state index in [0.717, 1.165) is 48.5 Å². The summed E-state index contributed by atoms with van der Waals surface area (Å²) in [6.07, 6.45) is -1.58. The minimum atomic E-state index is -4.41. The summed E-state index contributed by atoms with van der Waals surface area (Å²) in [5.74, 6) is 0.199. The molecule has 2 heterocycles. The van der Waals surface area contributed by atoms with Gasteiger partial charge in [0.2, 0.25) is 5.88 Å². The highest BCUT2D eigenvalue weighted by atomic mass is 19.4. The van der Waals surface area contributed by atoms with Crippen LogP contribution in [0, 0.1) is 6.92 Å². The Morgan fingerprint density at radius 1 is 1.12 bits per heavy atom. The summed E-state index contributed by atoms with van der Waals surface area (Å²) in [5.41, 5.74) is 5.02. The number of benzene rings is 2. The van der Waals surface area contributed by atoms with Gasteiger partial charge in [0.15, 0.2) is 0 Å². The molecule has 4 nitrogen and oxygen atoms in total. The van der Waals surface area contributed by atoms with Crippen molar-refractivity contribution in [3.63, 3.8) is 0 Å². The lowest BCUT2D eigenvalue weighted by Crippen LogP contribution is -2.25. The van der Waals surface area contributed by atoms with E-state index in [2.05, 4.69) is 47.1 Å². The normalized spacial score (nSPS) is 16.3. The molecule has 0 bridgehead atoms. The largest absolute Gasteiger partial charge is 0.472 e. The van der Waals surface area contributed by atoms with Crippen LogP contribution in [-0.4, -0.2) is 35.9 Å². The molecular weight excluding hydrogens is 429 g/mol. The molecule has 0 aliphatic carbocycles. The number of aliphatic hydroxyl groups is 1. The van der Waals surface area contributed by atoms with Crippen molar-refractivity contribution < 1.29 is 23.0 Å². The summed E-state index contributed by atoms with van der Waals surface area (Å²) < 4.78 is 44.1. The Labute approximate surface area is 191 Å². The maximum absolute atomic E-state index is 12.7. The topological polar surface area (TPSA) is 45.6 Å². The average Bonchev–Trinajstić information content (AvgIpc) is 3.26. The fourth-order valence-electron chi connectivity index (χ4n) is 4.26. The molecule has 4 rings (SSSR count). The number of aryl methyl sites for hydroxylation is 2. The van der Waals surface area contributed by atoms with Gasteiger partial charge in [-0.25, -0.2) is 4.98 Å². The Hall–Kier alpha value is -3.06. The number of hydrogen-bond acceptors (Lipinski definition) is 4. The van der Waals surface area contributed by atoms with Crippen molar-refractivity contribution in [2.24, 2.45) is 0 Å². The lowest BCUT2D eigenvalue weighted by Gasteiger charge is -2.23. The zero-order chi connectivity index (χ0) is 23.4. The number of halogens is 3. The summed E-state index contributed by atoms with van der Waals surface area (Å²) in [5, 5.41) is 9.38. The molecule has 0 spiro atoms. The highest BCUT2D eigenvalue weighted by molar-refractivity contribution is 5.71. The van der Waals surface area contributed by atoms with E-state index in [1.165, 1.54) is 17.2 Å². The first-order valence-corrected chi connectivity index (χ1v) is 11.1. The molecule has 174 valence electrons. The van der Waals surface area contributed by atoms with Crippen LogP contribution in [0.3, 0.4) is 0 Å². The quantitative estimate of drug-likeness (QED) is 0.499. The van der Waals surface area contributed by atoms with Gasteiger partial charge in [0.05, 0.1) is 12.1 Å². The van der Waals surface area contributed by atoms with Gasteiger partial charge in [-0.15, -0.1) is 0 Å². The molecule has 2 aromatic carbocycles. The van der Waals surface area contributed by atoms with Gasteiger partial charge in [-0.3, -0.25) is 0 Å². The minimum absolute atomic E-state index is 0.124. The van der Waals surface area contributed by atoms with E-state index in [4.69, 9.17) is 4.74 Å². The SMILES string of the molecule is Cc1ccccc1-c1ccc(N2CC[C@@H](Oc3ccc(C(F)(F)F)cn3)C2)c(CCCO)c1. The minimum Gasteiger partial charge on any atom is -0.472 e. The first kappa shape index (κ1) is 23.1. The number of anilines is 1. The molecule has 33 heavy (non-hydrogen) atoms. The number of rotatable bonds is 7. The fraction of sp³-hybridized carbons (Fsp3) is 0.346. The molecule has 0 amide bonds. The van der Waals surface area contributed by atoms with Crippen molar-refractivity contribution in [3.05, 3.63) is 77.5 Å². The van der Waals surface area contributed by atoms with Gasteiger partial charge in [-0.1, -0.05) is 30.3 Å². The van der Waals surface area contributed by atoms with Crippen LogP contribution < -0.4 is 9.64 Å². The van der Waals surface area contributed by atoms with Gasteiger partial charge in [-0.05, 0) is 60.2 Å². The average molecular weight is 457 g/mol. The third kappa shape index (κ3) is 5.47. The van der Waals surface area contributed by atoms with E-state index >= 15 is 0 Å². The van der Waals surface area contributed by atoms with Crippen LogP contribution in [0.25, 0.3) is 11.1 Å². The first-order valence-electron chi connectivity index (χ1n) is 11.1. The van der Waals surface area contributed by atoms with Crippen molar-refractivity contribution in [2.75, 3.05) is 24.6 Å². The van der Waals surface area contributed by atoms with Crippen LogP contribution >= 0.6 is 0 Å². The van der Waals surface area contributed by atoms with Gasteiger partial charge in [0.25, 0.3) is 0 Å². The van der Waals surface area contributed by atoms with E-state index in [9.17, 15) is 18.3 Å². The Morgan fingerprint density at radius 2 is 1.94 bits per heavy atom. The number of alkyl halides is 3. The summed E-state index contributed by atoms with van der Waals surface area (Å²) in [7, 11) is 0. The Bertz CT molecular complexity index is 1080. The summed E-state index contributed by atoms with van der Waals surface area (Å²) in [4.78, 5) is 6.07. The highest BCUT2D eigenvalue weighted by Gasteiger charge is 2.31. The molecule has 1 atom stereocenters. The monoisotopic (exact) mass is 456 g/mol. The van der Waals surface area contributed by atoms with E-state index in [0.29, 0.717) is 13.0 Å². The van der Waals surface area contributed by atoms with Crippen LogP contribution in [-0.2, 0) is 12.6 Å². The molecule has 1 aliphatic rings. The Balaban J connectivity index is 1.50. The number of hydrogen-bond donors (Lipinski definition) is 1. The van der Waals surface area contributed by atoms with Gasteiger partial charge in [0, 0.05) is 37.5 Å². The second-order valence-corrected chi connectivity index (χ2v) is 8.34. The number of aromatic nitrogens is 1. The van der Waals surface area contributed by atoms with E-state index < -0.39 is 11.7 Å². The molecule has 1 aliphatic heterocycles. The summed E-state index contributed by atoms with van der Waals surface area (Å²) >= 11 is 0. The van der Waals surface area contributed by atoms with Crippen LogP contribution in [0.2, 0.25) is 0 Å². The van der Waals surface area contributed by atoms with Crippen molar-refractivity contribution in [2.45, 2.75) is 38.5 Å². The van der Waals surface area contributed by atoms with Crippen molar-refractivity contribution in [3.8, 4) is 17.0 Å². The molecule has 1 saturated heterocycles. The standard InChI is InChI=1S/C26H27F3N2O2/c1-18-5-2-3-7-23(18)19-8-10-24(20(15-19)6-4-14-32)31-13-12-22(17-31)33-25-11-9-21(16-30-25)26(27,28)29/h2-3,5,7-11,15-16,22,32H,4,6,12-14,17H2,1H3/t22-/m1/s1. The van der Waals surface area contributed by atoms with Crippen molar-refractivity contribution in [1.29, 1.82) is 0 Å². The highest BCUT2D eigenvalue weighted by Crippen LogP contribution is 2.33. The fourth-order valence-corrected chi connectivity index (χ4v) is 4.26. The lowest BCUT2D eigenvalue weighted by atomic mass is 9.96. The maximum Gasteiger partial charge on any atom is 0.417 e. The van der Waals surface area contributed by atoms with Crippen molar-refractivity contribution in [1.82, 2.24) is 4.98 Å². The van der Waals surface area contributed by atoms with Crippen molar-refractivity contribution >= 4 is 5.69 Å². The zero-order valence-corrected chi connectivity index (χ0v) is 18.5. The van der Waals surface area contributed by atoms with Gasteiger partial charge in [-0.2, -0.15) is 13.2 Å². The molecule has 3 aromatic rings. The number of aliphatic hydroxyl groups excluding tert-OH is 1. The molecular formula is C26H27F3N2O2. The van der Waals surface area contributed by atoms with Crippen LogP contribution in [0.4, 0.5) is 18.9 Å². The van der Waals surface area contributed by atoms with Gasteiger partial charge < -0.3 is 14.7 Å². The van der Waals surface area contributed by atoms with Crippen LogP contribution in [0.15, 0.2) is 60.8 Å². The third-order valence-electron chi connectivity index (χ3n) is 5.98. The van der Waals surface area contributed by atoms with E-state index in [1.807, 2.05) is 12.1 Å². The number of ether oxygens (including phenoxy) is 1. The summed E-state index contributed by atoms with van der Waals surface area (Å²) in [6.45, 7) is 3.62. The Morgan fingerprint density at radius 3 is 2.64 bits per heavy atom. The number of nitrogens with zero attached hydrogens (tertiary/aromatic N) is 2. The van der Waals surface area contributed by atoms with E-state index in [1.54, 1.807) is 0 Å². The smallest absolute Gasteiger partial charge is 0.417 e. The van der Waals surface area contributed by atoms with E-state index in [-0.39, 0.29) is 18.6 Å². The summed E-state index contributed by atoms with van der Waals surface area (Å²) in [6, 6.07) is 16.9. The lowest BCUT2D eigenvalue weighted by molar-refractivity contribution is -0.137. The predicted molar refractivity (Wildman–Crippen MR) is 123 cm³/mol. The molecule has 1 aromatic heterocycles. The first-order chi connectivity index (χ1) is 15.8. The molecule has 1 fully saturated rings. The number of pyridine rings is 1. The molecule has 7 heteroatoms. The molecule has 0 saturated carbocycles. The third-order valence-corrected chi connectivity index (χ3v) is 5.98. The zero-order valence-electron chi connectivity index (χ0n) is 18.5. The van der Waals surface area contributed by atoms with Gasteiger partial charge in [0.1, 0.15) is 6.10 Å². The second kappa shape index (κ2) is 9.83. The maximum atomic E-state index is 12.7. The van der Waals surface area contributed by atoms with Crippen LogP contribution in [0.5, 0.6) is 5.88 Å². The molecule has 1 N–H and O–H groups in total. The Kier molecular flexibility index (Phi) is 6.88. The molecule has 0 unspecified atom stereocenters. The van der Waals surface area contributed by atoms with Crippen LogP contribution in [0.1, 0.15) is 29.5 Å². The predicted octanol–water partition coefficient (Wildman–Crippen LogP) is 5.66. The van der Waals surface area contributed by atoms with Gasteiger partial charge >= 0.3 is 6.18 Å². The molecule has 0 radical (unpaired) electrons.